The Balaban J connectivity index is 1.39. The number of hydrogen-bond donors (Lipinski definition) is 0. The van der Waals surface area contributed by atoms with Crippen LogP contribution in [0.1, 0.15) is 6.42 Å². The molecule has 0 N–H and O–H groups in total. The van der Waals surface area contributed by atoms with Crippen LogP contribution in [-0.2, 0) is 10.0 Å². The molecule has 4 rings (SSSR count). The number of pyridine rings is 1. The number of benzene rings is 2. The Kier molecular flexibility index (Phi) is 6.70. The maximum atomic E-state index is 13.4. The first-order valence-corrected chi connectivity index (χ1v) is 11.8. The quantitative estimate of drug-likeness (QED) is 0.561. The van der Waals surface area contributed by atoms with Gasteiger partial charge in [0.15, 0.2) is 11.5 Å². The lowest BCUT2D eigenvalue weighted by Gasteiger charge is -2.22. The van der Waals surface area contributed by atoms with E-state index in [1.54, 1.807) is 42.0 Å². The molecule has 3 aromatic rings. The van der Waals surface area contributed by atoms with Crippen molar-refractivity contribution in [2.45, 2.75) is 11.3 Å². The zero-order valence-corrected chi connectivity index (χ0v) is 18.4. The van der Waals surface area contributed by atoms with Crippen LogP contribution in [0.2, 0.25) is 0 Å². The van der Waals surface area contributed by atoms with Gasteiger partial charge >= 0.3 is 0 Å². The first kappa shape index (κ1) is 21.5. The van der Waals surface area contributed by atoms with E-state index in [2.05, 4.69) is 9.88 Å². The summed E-state index contributed by atoms with van der Waals surface area (Å²) in [5, 5.41) is 1.54. The van der Waals surface area contributed by atoms with Crippen molar-refractivity contribution in [3.8, 4) is 11.5 Å². The van der Waals surface area contributed by atoms with Gasteiger partial charge in [0.25, 0.3) is 0 Å². The monoisotopic (exact) mass is 441 g/mol. The number of ether oxygens (including phenoxy) is 2. The molecule has 1 aliphatic rings. The Morgan fingerprint density at radius 1 is 0.968 bits per heavy atom. The SMILES string of the molecule is COc1ccccc1OCCN1CCCN(S(=O)(=O)c2cccc3cnccc23)CC1. The molecule has 0 bridgehead atoms. The number of methoxy groups -OCH3 is 1. The van der Waals surface area contributed by atoms with Gasteiger partial charge in [-0.1, -0.05) is 24.3 Å². The van der Waals surface area contributed by atoms with Crippen LogP contribution in [-0.4, -0.2) is 69.0 Å². The molecule has 1 fully saturated rings. The zero-order valence-electron chi connectivity index (χ0n) is 17.6. The summed E-state index contributed by atoms with van der Waals surface area (Å²) >= 11 is 0. The van der Waals surface area contributed by atoms with Gasteiger partial charge in [-0.3, -0.25) is 9.88 Å². The van der Waals surface area contributed by atoms with E-state index in [-0.39, 0.29) is 0 Å². The first-order chi connectivity index (χ1) is 15.1. The van der Waals surface area contributed by atoms with Gasteiger partial charge in [-0.2, -0.15) is 4.31 Å². The third-order valence-electron chi connectivity index (χ3n) is 5.54. The molecule has 0 atom stereocenters. The van der Waals surface area contributed by atoms with Gasteiger partial charge in [0, 0.05) is 49.3 Å². The van der Waals surface area contributed by atoms with Crippen molar-refractivity contribution in [2.75, 3.05) is 46.4 Å². The molecule has 1 aliphatic heterocycles. The molecule has 0 spiro atoms. The van der Waals surface area contributed by atoms with Gasteiger partial charge < -0.3 is 9.47 Å². The van der Waals surface area contributed by atoms with Crippen molar-refractivity contribution in [3.05, 3.63) is 60.9 Å². The van der Waals surface area contributed by atoms with E-state index in [0.29, 0.717) is 42.3 Å². The fraction of sp³-hybridized carbons (Fsp3) is 0.348. The Bertz CT molecular complexity index is 1130. The van der Waals surface area contributed by atoms with Crippen LogP contribution < -0.4 is 9.47 Å². The van der Waals surface area contributed by atoms with Crippen LogP contribution in [0.3, 0.4) is 0 Å². The molecule has 2 heterocycles. The molecule has 7 nitrogen and oxygen atoms in total. The van der Waals surface area contributed by atoms with E-state index in [1.165, 1.54) is 0 Å². The minimum absolute atomic E-state index is 0.348. The first-order valence-electron chi connectivity index (χ1n) is 10.4. The van der Waals surface area contributed by atoms with Crippen LogP contribution >= 0.6 is 0 Å². The highest BCUT2D eigenvalue weighted by molar-refractivity contribution is 7.89. The molecular weight excluding hydrogens is 414 g/mol. The van der Waals surface area contributed by atoms with Crippen molar-refractivity contribution in [1.82, 2.24) is 14.2 Å². The molecule has 2 aromatic carbocycles. The second-order valence-corrected chi connectivity index (χ2v) is 9.36. The maximum Gasteiger partial charge on any atom is 0.243 e. The maximum absolute atomic E-state index is 13.4. The number of para-hydroxylation sites is 2. The average Bonchev–Trinajstić information content (AvgIpc) is 3.05. The van der Waals surface area contributed by atoms with Gasteiger partial charge in [-0.05, 0) is 37.2 Å². The average molecular weight is 442 g/mol. The fourth-order valence-corrected chi connectivity index (χ4v) is 5.57. The molecule has 0 amide bonds. The largest absolute Gasteiger partial charge is 0.493 e. The van der Waals surface area contributed by atoms with Crippen LogP contribution in [0, 0.1) is 0 Å². The molecule has 1 saturated heterocycles. The number of aromatic nitrogens is 1. The van der Waals surface area contributed by atoms with E-state index in [1.807, 2.05) is 30.3 Å². The minimum Gasteiger partial charge on any atom is -0.493 e. The topological polar surface area (TPSA) is 72.0 Å². The molecule has 164 valence electrons. The standard InChI is InChI=1S/C23H27N3O4S/c1-29-21-7-2-3-8-22(21)30-17-16-25-12-5-13-26(15-14-25)31(27,28)23-9-4-6-19-18-24-11-10-20(19)23/h2-4,6-11,18H,5,12-17H2,1H3. The van der Waals surface area contributed by atoms with Gasteiger partial charge in [-0.25, -0.2) is 8.42 Å². The van der Waals surface area contributed by atoms with E-state index in [0.717, 1.165) is 30.6 Å². The predicted molar refractivity (Wildman–Crippen MR) is 120 cm³/mol. The third kappa shape index (κ3) is 4.81. The van der Waals surface area contributed by atoms with Gasteiger partial charge in [0.2, 0.25) is 10.0 Å². The van der Waals surface area contributed by atoms with Gasteiger partial charge in [0.05, 0.1) is 12.0 Å². The normalized spacial score (nSPS) is 16.2. The number of sulfonamides is 1. The summed E-state index contributed by atoms with van der Waals surface area (Å²) in [6.45, 7) is 3.71. The summed E-state index contributed by atoms with van der Waals surface area (Å²) in [5.41, 5.74) is 0. The number of hydrogen-bond acceptors (Lipinski definition) is 6. The molecule has 0 aliphatic carbocycles. The van der Waals surface area contributed by atoms with Crippen LogP contribution in [0.5, 0.6) is 11.5 Å². The summed E-state index contributed by atoms with van der Waals surface area (Å²) in [6.07, 6.45) is 4.10. The van der Waals surface area contributed by atoms with Crippen molar-refractivity contribution in [1.29, 1.82) is 0 Å². The molecule has 0 radical (unpaired) electrons. The van der Waals surface area contributed by atoms with Crippen molar-refractivity contribution >= 4 is 20.8 Å². The Morgan fingerprint density at radius 3 is 2.65 bits per heavy atom. The molecule has 8 heteroatoms. The molecule has 0 unspecified atom stereocenters. The highest BCUT2D eigenvalue weighted by Crippen LogP contribution is 2.27. The van der Waals surface area contributed by atoms with Crippen LogP contribution in [0.15, 0.2) is 65.8 Å². The lowest BCUT2D eigenvalue weighted by molar-refractivity contribution is 0.210. The number of fused-ring (bicyclic) bond motifs is 1. The fourth-order valence-electron chi connectivity index (χ4n) is 3.89. The summed E-state index contributed by atoms with van der Waals surface area (Å²) in [5.74, 6) is 1.43. The smallest absolute Gasteiger partial charge is 0.243 e. The van der Waals surface area contributed by atoms with Gasteiger partial charge in [0.1, 0.15) is 6.61 Å². The summed E-state index contributed by atoms with van der Waals surface area (Å²) in [7, 11) is -1.95. The zero-order chi connectivity index (χ0) is 21.7. The van der Waals surface area contributed by atoms with E-state index in [4.69, 9.17) is 9.47 Å². The number of rotatable bonds is 7. The van der Waals surface area contributed by atoms with Crippen molar-refractivity contribution in [2.24, 2.45) is 0 Å². The highest BCUT2D eigenvalue weighted by Gasteiger charge is 2.28. The van der Waals surface area contributed by atoms with Crippen LogP contribution in [0.25, 0.3) is 10.8 Å². The Hall–Kier alpha value is -2.68. The summed E-state index contributed by atoms with van der Waals surface area (Å²) < 4.78 is 39.6. The lowest BCUT2D eigenvalue weighted by atomic mass is 10.2. The molecule has 0 saturated carbocycles. The lowest BCUT2D eigenvalue weighted by Crippen LogP contribution is -2.36. The second kappa shape index (κ2) is 9.64. The van der Waals surface area contributed by atoms with Crippen LogP contribution in [0.4, 0.5) is 0 Å². The van der Waals surface area contributed by atoms with Crippen molar-refractivity contribution in [3.63, 3.8) is 0 Å². The molecule has 1 aromatic heterocycles. The summed E-state index contributed by atoms with van der Waals surface area (Å²) in [6, 6.07) is 14.7. The third-order valence-corrected chi connectivity index (χ3v) is 7.50. The Morgan fingerprint density at radius 2 is 1.81 bits per heavy atom. The van der Waals surface area contributed by atoms with Crippen molar-refractivity contribution < 1.29 is 17.9 Å². The van der Waals surface area contributed by atoms with E-state index in [9.17, 15) is 8.42 Å². The Labute approximate surface area is 183 Å². The molecular formula is C23H27N3O4S. The van der Waals surface area contributed by atoms with E-state index >= 15 is 0 Å². The molecule has 31 heavy (non-hydrogen) atoms. The summed E-state index contributed by atoms with van der Waals surface area (Å²) in [4.78, 5) is 6.70. The highest BCUT2D eigenvalue weighted by atomic mass is 32.2. The van der Waals surface area contributed by atoms with E-state index < -0.39 is 10.0 Å². The number of nitrogens with zero attached hydrogens (tertiary/aromatic N) is 3. The predicted octanol–water partition coefficient (Wildman–Crippen LogP) is 3.02. The minimum atomic E-state index is -3.58. The van der Waals surface area contributed by atoms with Gasteiger partial charge in [-0.15, -0.1) is 0 Å². The second-order valence-electron chi connectivity index (χ2n) is 7.45.